The monoisotopic (exact) mass is 423 g/mol. The van der Waals surface area contributed by atoms with Crippen LogP contribution in [0.4, 0.5) is 18.0 Å². The second kappa shape index (κ2) is 8.85. The number of amides is 2. The Morgan fingerprint density at radius 2 is 2.18 bits per heavy atom. The molecule has 3 unspecified atom stereocenters. The fraction of sp³-hybridized carbons (Fsp3) is 0.588. The van der Waals surface area contributed by atoms with Crippen LogP contribution in [0.2, 0.25) is 5.02 Å². The second-order valence-electron chi connectivity index (χ2n) is 6.74. The zero-order valence-corrected chi connectivity index (χ0v) is 16.0. The normalized spacial score (nSPS) is 21.1. The van der Waals surface area contributed by atoms with Crippen molar-refractivity contribution in [3.8, 4) is 5.88 Å². The molecule has 2 N–H and O–H groups in total. The van der Waals surface area contributed by atoms with Gasteiger partial charge in [-0.25, -0.2) is 9.78 Å². The molecule has 2 heterocycles. The maximum atomic E-state index is 12.5. The summed E-state index contributed by atoms with van der Waals surface area (Å²) in [6, 6.07) is 0.640. The fourth-order valence-corrected chi connectivity index (χ4v) is 3.27. The van der Waals surface area contributed by atoms with Crippen LogP contribution in [0.1, 0.15) is 38.3 Å². The van der Waals surface area contributed by atoms with Gasteiger partial charge < -0.3 is 20.1 Å². The number of rotatable bonds is 5. The number of pyridine rings is 1. The molecule has 1 aromatic rings. The van der Waals surface area contributed by atoms with E-state index in [0.29, 0.717) is 18.4 Å². The number of ether oxygens (including phenoxy) is 1. The van der Waals surface area contributed by atoms with Gasteiger partial charge in [0.2, 0.25) is 11.8 Å². The Morgan fingerprint density at radius 3 is 2.71 bits per heavy atom. The molecule has 1 saturated heterocycles. The third kappa shape index (κ3) is 5.88. The molecule has 1 fully saturated rings. The Morgan fingerprint density at radius 1 is 1.50 bits per heavy atom. The van der Waals surface area contributed by atoms with Crippen molar-refractivity contribution in [3.63, 3.8) is 0 Å². The average Bonchev–Trinajstić information content (AvgIpc) is 2.59. The minimum atomic E-state index is -4.50. The maximum absolute atomic E-state index is 12.5. The van der Waals surface area contributed by atoms with Gasteiger partial charge in [-0.1, -0.05) is 11.6 Å². The molecule has 2 amide bonds. The van der Waals surface area contributed by atoms with E-state index in [4.69, 9.17) is 16.7 Å². The van der Waals surface area contributed by atoms with E-state index in [9.17, 15) is 22.8 Å². The number of likely N-dealkylation sites (tertiary alicyclic amines) is 1. The summed E-state index contributed by atoms with van der Waals surface area (Å²) in [4.78, 5) is 28.7. The first-order valence-electron chi connectivity index (χ1n) is 8.63. The fourth-order valence-electron chi connectivity index (χ4n) is 3.04. The first-order chi connectivity index (χ1) is 13.0. The SMILES string of the molecule is CC(NC(=O)C1CCN(C(=O)O)C(C)C1)c1cnc(OCC(F)(F)F)c(Cl)c1. The molecule has 1 aliphatic heterocycles. The summed E-state index contributed by atoms with van der Waals surface area (Å²) >= 11 is 5.92. The van der Waals surface area contributed by atoms with Crippen LogP contribution in [0.3, 0.4) is 0 Å². The number of hydrogen-bond acceptors (Lipinski definition) is 4. The van der Waals surface area contributed by atoms with Crippen molar-refractivity contribution in [3.05, 3.63) is 22.8 Å². The van der Waals surface area contributed by atoms with Crippen LogP contribution >= 0.6 is 11.6 Å². The number of nitrogens with one attached hydrogen (secondary N) is 1. The molecule has 11 heteroatoms. The van der Waals surface area contributed by atoms with Crippen LogP contribution in [0, 0.1) is 5.92 Å². The van der Waals surface area contributed by atoms with Gasteiger partial charge in [-0.2, -0.15) is 13.2 Å². The zero-order chi connectivity index (χ0) is 21.1. The molecule has 0 spiro atoms. The maximum Gasteiger partial charge on any atom is 0.422 e. The van der Waals surface area contributed by atoms with Crippen LogP contribution in [-0.4, -0.2) is 52.4 Å². The summed E-state index contributed by atoms with van der Waals surface area (Å²) in [5.41, 5.74) is 0.508. The quantitative estimate of drug-likeness (QED) is 0.754. The van der Waals surface area contributed by atoms with Gasteiger partial charge in [0.1, 0.15) is 5.02 Å². The molecule has 156 valence electrons. The van der Waals surface area contributed by atoms with Crippen LogP contribution in [0.25, 0.3) is 0 Å². The van der Waals surface area contributed by atoms with E-state index in [1.165, 1.54) is 17.2 Å². The van der Waals surface area contributed by atoms with E-state index in [1.807, 2.05) is 0 Å². The lowest BCUT2D eigenvalue weighted by Gasteiger charge is -2.35. The lowest BCUT2D eigenvalue weighted by Crippen LogP contribution is -2.47. The lowest BCUT2D eigenvalue weighted by molar-refractivity contribution is -0.154. The van der Waals surface area contributed by atoms with Gasteiger partial charge in [-0.15, -0.1) is 0 Å². The van der Waals surface area contributed by atoms with Gasteiger partial charge in [0.05, 0.1) is 6.04 Å². The summed E-state index contributed by atoms with van der Waals surface area (Å²) in [7, 11) is 0. The number of nitrogens with zero attached hydrogens (tertiary/aromatic N) is 2. The average molecular weight is 424 g/mol. The van der Waals surface area contributed by atoms with E-state index in [0.717, 1.165) is 0 Å². The molecule has 7 nitrogen and oxygen atoms in total. The van der Waals surface area contributed by atoms with Gasteiger partial charge in [0.15, 0.2) is 6.61 Å². The van der Waals surface area contributed by atoms with Crippen LogP contribution in [0.5, 0.6) is 5.88 Å². The summed E-state index contributed by atoms with van der Waals surface area (Å²) in [6.45, 7) is 2.22. The van der Waals surface area contributed by atoms with Crippen molar-refractivity contribution < 1.29 is 32.6 Å². The molecule has 0 aromatic carbocycles. The van der Waals surface area contributed by atoms with Crippen molar-refractivity contribution in [1.82, 2.24) is 15.2 Å². The first kappa shape index (κ1) is 22.1. The van der Waals surface area contributed by atoms with Crippen molar-refractivity contribution in [2.24, 2.45) is 5.92 Å². The third-order valence-electron chi connectivity index (χ3n) is 4.55. The molecule has 0 aliphatic carbocycles. The smallest absolute Gasteiger partial charge is 0.422 e. The highest BCUT2D eigenvalue weighted by molar-refractivity contribution is 6.31. The van der Waals surface area contributed by atoms with E-state index < -0.39 is 24.9 Å². The minimum Gasteiger partial charge on any atom is -0.467 e. The molecule has 3 atom stereocenters. The lowest BCUT2D eigenvalue weighted by atomic mass is 9.90. The van der Waals surface area contributed by atoms with Gasteiger partial charge in [-0.3, -0.25) is 4.79 Å². The van der Waals surface area contributed by atoms with Crippen molar-refractivity contribution in [2.45, 2.75) is 44.9 Å². The predicted molar refractivity (Wildman–Crippen MR) is 94.3 cm³/mol. The minimum absolute atomic E-state index is 0.0914. The summed E-state index contributed by atoms with van der Waals surface area (Å²) in [6.07, 6.45) is -3.39. The highest BCUT2D eigenvalue weighted by Crippen LogP contribution is 2.28. The number of alkyl halides is 3. The Kier molecular flexibility index (Phi) is 6.97. The Hall–Kier alpha value is -2.23. The standard InChI is InChI=1S/C17H21ClF3N3O4/c1-9-5-11(3-4-24(9)16(26)27)14(25)23-10(2)12-6-13(18)15(22-7-12)28-8-17(19,20)21/h6-7,9-11H,3-5,8H2,1-2H3,(H,23,25)(H,26,27). The Labute approximate surface area is 164 Å². The second-order valence-corrected chi connectivity index (χ2v) is 7.14. The number of carbonyl (C=O) groups is 2. The molecule has 0 saturated carbocycles. The molecular formula is C17H21ClF3N3O4. The first-order valence-corrected chi connectivity index (χ1v) is 9.00. The van der Waals surface area contributed by atoms with E-state index in [1.54, 1.807) is 13.8 Å². The van der Waals surface area contributed by atoms with Crippen molar-refractivity contribution in [1.29, 1.82) is 0 Å². The summed E-state index contributed by atoms with van der Waals surface area (Å²) in [5.74, 6) is -0.889. The highest BCUT2D eigenvalue weighted by Gasteiger charge is 2.33. The number of hydrogen-bond donors (Lipinski definition) is 2. The number of carbonyl (C=O) groups excluding carboxylic acids is 1. The van der Waals surface area contributed by atoms with Crippen LogP contribution in [0.15, 0.2) is 12.3 Å². The van der Waals surface area contributed by atoms with Gasteiger partial charge >= 0.3 is 12.3 Å². The molecular weight excluding hydrogens is 403 g/mol. The van der Waals surface area contributed by atoms with Gasteiger partial charge in [-0.05, 0) is 38.3 Å². The highest BCUT2D eigenvalue weighted by atomic mass is 35.5. The number of carboxylic acid groups (broad SMARTS) is 1. The Bertz CT molecular complexity index is 732. The molecule has 1 aromatic heterocycles. The van der Waals surface area contributed by atoms with Crippen LogP contribution < -0.4 is 10.1 Å². The van der Waals surface area contributed by atoms with Crippen LogP contribution in [-0.2, 0) is 4.79 Å². The summed E-state index contributed by atoms with van der Waals surface area (Å²) in [5, 5.41) is 11.8. The predicted octanol–water partition coefficient (Wildman–Crippen LogP) is 3.63. The van der Waals surface area contributed by atoms with Crippen molar-refractivity contribution >= 4 is 23.6 Å². The molecule has 28 heavy (non-hydrogen) atoms. The van der Waals surface area contributed by atoms with Crippen molar-refractivity contribution in [2.75, 3.05) is 13.2 Å². The van der Waals surface area contributed by atoms with E-state index in [2.05, 4.69) is 15.0 Å². The topological polar surface area (TPSA) is 91.8 Å². The number of aromatic nitrogens is 1. The number of piperidine rings is 1. The summed E-state index contributed by atoms with van der Waals surface area (Å²) < 4.78 is 41.2. The van der Waals surface area contributed by atoms with E-state index >= 15 is 0 Å². The van der Waals surface area contributed by atoms with Gasteiger partial charge in [0.25, 0.3) is 0 Å². The van der Waals surface area contributed by atoms with Gasteiger partial charge in [0, 0.05) is 24.7 Å². The largest absolute Gasteiger partial charge is 0.467 e. The molecule has 1 aliphatic rings. The Balaban J connectivity index is 1.95. The zero-order valence-electron chi connectivity index (χ0n) is 15.3. The van der Waals surface area contributed by atoms with E-state index in [-0.39, 0.29) is 35.3 Å². The number of halogens is 4. The molecule has 0 bridgehead atoms. The third-order valence-corrected chi connectivity index (χ3v) is 4.82. The molecule has 2 rings (SSSR count). The molecule has 0 radical (unpaired) electrons.